The average Bonchev–Trinajstić information content (AvgIpc) is 2.01. The van der Waals surface area contributed by atoms with E-state index in [4.69, 9.17) is 10.5 Å². The average molecular weight is 172 g/mol. The first kappa shape index (κ1) is 9.96. The maximum Gasteiger partial charge on any atom is 0.0611 e. The molecular formula is C9H20N2O. The highest BCUT2D eigenvalue weighted by Gasteiger charge is 2.42. The first-order valence-electron chi connectivity index (χ1n) is 4.83. The first-order chi connectivity index (χ1) is 5.76. The maximum absolute atomic E-state index is 5.70. The summed E-state index contributed by atoms with van der Waals surface area (Å²) < 4.78 is 5.49. The molecule has 3 heteroatoms. The molecule has 1 fully saturated rings. The van der Waals surface area contributed by atoms with Crippen LogP contribution in [0.4, 0.5) is 0 Å². The molecule has 0 spiro atoms. The molecule has 0 aliphatic heterocycles. The predicted octanol–water partition coefficient (Wildman–Crippen LogP) is 0.492. The number of ether oxygens (including phenoxy) is 1. The van der Waals surface area contributed by atoms with Gasteiger partial charge in [-0.25, -0.2) is 0 Å². The highest BCUT2D eigenvalue weighted by Crippen LogP contribution is 2.33. The molecule has 0 saturated heterocycles. The number of hydrogen-bond donors (Lipinski definition) is 2. The maximum atomic E-state index is 5.70. The summed E-state index contributed by atoms with van der Waals surface area (Å²) in [6.07, 6.45) is 2.59. The molecule has 0 radical (unpaired) electrons. The van der Waals surface area contributed by atoms with E-state index in [1.54, 1.807) is 0 Å². The molecule has 3 N–H and O–H groups in total. The van der Waals surface area contributed by atoms with E-state index in [0.717, 1.165) is 32.5 Å². The Kier molecular flexibility index (Phi) is 3.50. The van der Waals surface area contributed by atoms with Crippen LogP contribution in [-0.4, -0.2) is 31.3 Å². The third-order valence-electron chi connectivity index (χ3n) is 2.58. The van der Waals surface area contributed by atoms with Crippen molar-refractivity contribution in [3.8, 4) is 0 Å². The zero-order valence-corrected chi connectivity index (χ0v) is 8.10. The SMILES string of the molecule is CCNC1(CN)CC(OCC)C1. The molecule has 0 bridgehead atoms. The summed E-state index contributed by atoms with van der Waals surface area (Å²) >= 11 is 0. The second-order valence-corrected chi connectivity index (χ2v) is 3.50. The van der Waals surface area contributed by atoms with Gasteiger partial charge >= 0.3 is 0 Å². The van der Waals surface area contributed by atoms with Crippen LogP contribution in [0.5, 0.6) is 0 Å². The number of rotatable bonds is 5. The lowest BCUT2D eigenvalue weighted by Gasteiger charge is -2.47. The molecule has 0 aromatic heterocycles. The van der Waals surface area contributed by atoms with Crippen LogP contribution < -0.4 is 11.1 Å². The van der Waals surface area contributed by atoms with E-state index in [9.17, 15) is 0 Å². The molecule has 1 aliphatic carbocycles. The molecule has 0 aromatic carbocycles. The third-order valence-corrected chi connectivity index (χ3v) is 2.58. The highest BCUT2D eigenvalue weighted by atomic mass is 16.5. The van der Waals surface area contributed by atoms with Gasteiger partial charge in [-0.05, 0) is 26.3 Å². The highest BCUT2D eigenvalue weighted by molar-refractivity contribution is 5.02. The Morgan fingerprint density at radius 3 is 2.58 bits per heavy atom. The second-order valence-electron chi connectivity index (χ2n) is 3.50. The van der Waals surface area contributed by atoms with Crippen molar-refractivity contribution in [3.63, 3.8) is 0 Å². The Morgan fingerprint density at radius 2 is 2.17 bits per heavy atom. The minimum atomic E-state index is 0.189. The third kappa shape index (κ3) is 1.97. The fourth-order valence-electron chi connectivity index (χ4n) is 1.92. The molecule has 0 aromatic rings. The van der Waals surface area contributed by atoms with Crippen LogP contribution in [0.3, 0.4) is 0 Å². The summed E-state index contributed by atoms with van der Waals surface area (Å²) in [6.45, 7) is 6.69. The fraction of sp³-hybridized carbons (Fsp3) is 1.00. The van der Waals surface area contributed by atoms with Crippen molar-refractivity contribution in [3.05, 3.63) is 0 Å². The van der Waals surface area contributed by atoms with Gasteiger partial charge in [-0.15, -0.1) is 0 Å². The normalized spacial score (nSPS) is 34.8. The number of nitrogens with one attached hydrogen (secondary N) is 1. The minimum absolute atomic E-state index is 0.189. The summed E-state index contributed by atoms with van der Waals surface area (Å²) in [5.41, 5.74) is 5.88. The monoisotopic (exact) mass is 172 g/mol. The van der Waals surface area contributed by atoms with Crippen LogP contribution in [0.1, 0.15) is 26.7 Å². The molecule has 72 valence electrons. The number of likely N-dealkylation sites (N-methyl/N-ethyl adjacent to an activating group) is 1. The molecule has 0 atom stereocenters. The van der Waals surface area contributed by atoms with E-state index in [-0.39, 0.29) is 5.54 Å². The largest absolute Gasteiger partial charge is 0.378 e. The van der Waals surface area contributed by atoms with E-state index < -0.39 is 0 Å². The Morgan fingerprint density at radius 1 is 1.50 bits per heavy atom. The molecule has 1 rings (SSSR count). The molecule has 0 heterocycles. The van der Waals surface area contributed by atoms with Crippen molar-refractivity contribution < 1.29 is 4.74 Å². The Hall–Kier alpha value is -0.120. The van der Waals surface area contributed by atoms with Crippen LogP contribution in [0, 0.1) is 0 Å². The van der Waals surface area contributed by atoms with Gasteiger partial charge in [0, 0.05) is 18.7 Å². The van der Waals surface area contributed by atoms with E-state index in [0.29, 0.717) is 6.10 Å². The van der Waals surface area contributed by atoms with Crippen LogP contribution in [-0.2, 0) is 4.74 Å². The molecule has 0 unspecified atom stereocenters. The van der Waals surface area contributed by atoms with Crippen molar-refractivity contribution in [1.29, 1.82) is 0 Å². The van der Waals surface area contributed by atoms with E-state index in [1.165, 1.54) is 0 Å². The Labute approximate surface area is 74.7 Å². The molecular weight excluding hydrogens is 152 g/mol. The second kappa shape index (κ2) is 4.21. The summed E-state index contributed by atoms with van der Waals surface area (Å²) in [5.74, 6) is 0. The van der Waals surface area contributed by atoms with Crippen LogP contribution >= 0.6 is 0 Å². The standard InChI is InChI=1S/C9H20N2O/c1-3-11-9(7-10)5-8(6-9)12-4-2/h8,11H,3-7,10H2,1-2H3. The van der Waals surface area contributed by atoms with Crippen molar-refractivity contribution in [2.45, 2.75) is 38.3 Å². The molecule has 0 amide bonds. The van der Waals surface area contributed by atoms with Crippen LogP contribution in [0.25, 0.3) is 0 Å². The van der Waals surface area contributed by atoms with E-state index in [1.807, 2.05) is 6.92 Å². The quantitative estimate of drug-likeness (QED) is 0.634. The predicted molar refractivity (Wildman–Crippen MR) is 50.1 cm³/mol. The van der Waals surface area contributed by atoms with Gasteiger partial charge in [0.25, 0.3) is 0 Å². The first-order valence-corrected chi connectivity index (χ1v) is 4.83. The molecule has 3 nitrogen and oxygen atoms in total. The van der Waals surface area contributed by atoms with Gasteiger partial charge in [-0.1, -0.05) is 6.92 Å². The van der Waals surface area contributed by atoms with Crippen molar-refractivity contribution in [1.82, 2.24) is 5.32 Å². The van der Waals surface area contributed by atoms with Gasteiger partial charge in [-0.3, -0.25) is 0 Å². The summed E-state index contributed by atoms with van der Waals surface area (Å²) in [4.78, 5) is 0. The van der Waals surface area contributed by atoms with Gasteiger partial charge in [-0.2, -0.15) is 0 Å². The summed E-state index contributed by atoms with van der Waals surface area (Å²) in [7, 11) is 0. The topological polar surface area (TPSA) is 47.3 Å². The lowest BCUT2D eigenvalue weighted by molar-refractivity contribution is -0.0469. The molecule has 1 saturated carbocycles. The van der Waals surface area contributed by atoms with Crippen molar-refractivity contribution >= 4 is 0 Å². The lowest BCUT2D eigenvalue weighted by atomic mass is 9.74. The Bertz CT molecular complexity index is 132. The van der Waals surface area contributed by atoms with Gasteiger partial charge in [0.05, 0.1) is 6.10 Å². The van der Waals surface area contributed by atoms with Crippen molar-refractivity contribution in [2.75, 3.05) is 19.7 Å². The van der Waals surface area contributed by atoms with Gasteiger partial charge in [0.1, 0.15) is 0 Å². The number of nitrogens with two attached hydrogens (primary N) is 1. The minimum Gasteiger partial charge on any atom is -0.378 e. The van der Waals surface area contributed by atoms with Gasteiger partial charge < -0.3 is 15.8 Å². The van der Waals surface area contributed by atoms with Crippen LogP contribution in [0.2, 0.25) is 0 Å². The number of hydrogen-bond acceptors (Lipinski definition) is 3. The summed E-state index contributed by atoms with van der Waals surface area (Å²) in [5, 5.41) is 3.43. The molecule has 1 aliphatic rings. The fourth-order valence-corrected chi connectivity index (χ4v) is 1.92. The smallest absolute Gasteiger partial charge is 0.0611 e. The lowest BCUT2D eigenvalue weighted by Crippen LogP contribution is -2.62. The summed E-state index contributed by atoms with van der Waals surface area (Å²) in [6, 6.07) is 0. The zero-order chi connectivity index (χ0) is 9.03. The van der Waals surface area contributed by atoms with E-state index >= 15 is 0 Å². The van der Waals surface area contributed by atoms with Gasteiger partial charge in [0.15, 0.2) is 0 Å². The van der Waals surface area contributed by atoms with Crippen molar-refractivity contribution in [2.24, 2.45) is 5.73 Å². The van der Waals surface area contributed by atoms with Crippen LogP contribution in [0.15, 0.2) is 0 Å². The van der Waals surface area contributed by atoms with Gasteiger partial charge in [0.2, 0.25) is 0 Å². The zero-order valence-electron chi connectivity index (χ0n) is 8.10. The molecule has 12 heavy (non-hydrogen) atoms. The van der Waals surface area contributed by atoms with E-state index in [2.05, 4.69) is 12.2 Å². The Balaban J connectivity index is 2.25.